The number of carbonyl (C=O) groups is 1. The van der Waals surface area contributed by atoms with Crippen LogP contribution in [0.25, 0.3) is 0 Å². The average Bonchev–Trinajstić information content (AvgIpc) is 2.72. The summed E-state index contributed by atoms with van der Waals surface area (Å²) >= 11 is 5.92. The number of amides is 1. The third-order valence-corrected chi connectivity index (χ3v) is 3.33. The highest BCUT2D eigenvalue weighted by Crippen LogP contribution is 2.23. The van der Waals surface area contributed by atoms with Crippen LogP contribution in [0.5, 0.6) is 5.75 Å². The molecule has 2 N–H and O–H groups in total. The predicted octanol–water partition coefficient (Wildman–Crippen LogP) is 0.673. The van der Waals surface area contributed by atoms with E-state index >= 15 is 0 Å². The molecule has 0 aliphatic carbocycles. The van der Waals surface area contributed by atoms with Gasteiger partial charge in [-0.1, -0.05) is 23.7 Å². The van der Waals surface area contributed by atoms with Crippen molar-refractivity contribution in [3.63, 3.8) is 0 Å². The number of para-hydroxylation sites is 1. The molecule has 1 fully saturated rings. The van der Waals surface area contributed by atoms with Crippen molar-refractivity contribution >= 4 is 17.5 Å². The van der Waals surface area contributed by atoms with Crippen LogP contribution in [-0.4, -0.2) is 52.9 Å². The standard InChI is InChI=1S/C13H16ClNO4/c14-9-3-1-2-4-12(9)19-6-5-13(18)15-7-10(16)11(17)8-15/h1-4,10-11,16-17H,5-8H2/t10-,11+. The molecule has 5 nitrogen and oxygen atoms in total. The molecule has 19 heavy (non-hydrogen) atoms. The van der Waals surface area contributed by atoms with Gasteiger partial charge in [0.1, 0.15) is 5.75 Å². The first-order valence-electron chi connectivity index (χ1n) is 6.09. The highest BCUT2D eigenvalue weighted by molar-refractivity contribution is 6.32. The van der Waals surface area contributed by atoms with Gasteiger partial charge in [-0.3, -0.25) is 4.79 Å². The van der Waals surface area contributed by atoms with Gasteiger partial charge in [0, 0.05) is 13.1 Å². The van der Waals surface area contributed by atoms with E-state index < -0.39 is 12.2 Å². The van der Waals surface area contributed by atoms with Crippen LogP contribution in [0.1, 0.15) is 6.42 Å². The van der Waals surface area contributed by atoms with E-state index in [9.17, 15) is 15.0 Å². The molecule has 0 aromatic heterocycles. The SMILES string of the molecule is O=C(CCOc1ccccc1Cl)N1C[C@@H](O)[C@@H](O)C1. The zero-order valence-corrected chi connectivity index (χ0v) is 11.1. The lowest BCUT2D eigenvalue weighted by molar-refractivity contribution is -0.131. The van der Waals surface area contributed by atoms with Gasteiger partial charge in [-0.05, 0) is 12.1 Å². The maximum absolute atomic E-state index is 11.8. The number of rotatable bonds is 4. The van der Waals surface area contributed by atoms with E-state index in [1.165, 1.54) is 4.90 Å². The van der Waals surface area contributed by atoms with Crippen molar-refractivity contribution in [3.05, 3.63) is 29.3 Å². The average molecular weight is 286 g/mol. The van der Waals surface area contributed by atoms with E-state index in [0.717, 1.165) is 0 Å². The maximum atomic E-state index is 11.8. The molecule has 0 bridgehead atoms. The molecule has 2 rings (SSSR count). The van der Waals surface area contributed by atoms with E-state index in [1.807, 2.05) is 0 Å². The van der Waals surface area contributed by atoms with Crippen LogP contribution in [-0.2, 0) is 4.79 Å². The van der Waals surface area contributed by atoms with Gasteiger partial charge in [0.25, 0.3) is 0 Å². The summed E-state index contributed by atoms with van der Waals surface area (Å²) in [7, 11) is 0. The first kappa shape index (κ1) is 14.1. The van der Waals surface area contributed by atoms with Gasteiger partial charge >= 0.3 is 0 Å². The zero-order chi connectivity index (χ0) is 13.8. The number of ether oxygens (including phenoxy) is 1. The molecule has 0 saturated carbocycles. The number of likely N-dealkylation sites (tertiary alicyclic amines) is 1. The summed E-state index contributed by atoms with van der Waals surface area (Å²) in [6.45, 7) is 0.559. The number of halogens is 1. The largest absolute Gasteiger partial charge is 0.491 e. The first-order chi connectivity index (χ1) is 9.08. The molecule has 1 saturated heterocycles. The second kappa shape index (κ2) is 6.23. The summed E-state index contributed by atoms with van der Waals surface area (Å²) in [6, 6.07) is 7.05. The second-order valence-corrected chi connectivity index (χ2v) is 4.87. The van der Waals surface area contributed by atoms with Gasteiger partial charge < -0.3 is 19.8 Å². The zero-order valence-electron chi connectivity index (χ0n) is 10.3. The third-order valence-electron chi connectivity index (χ3n) is 3.02. The molecule has 0 unspecified atom stereocenters. The minimum Gasteiger partial charge on any atom is -0.491 e. The molecule has 1 aromatic carbocycles. The van der Waals surface area contributed by atoms with Crippen LogP contribution in [0.2, 0.25) is 5.02 Å². The molecular weight excluding hydrogens is 270 g/mol. The van der Waals surface area contributed by atoms with E-state index in [-0.39, 0.29) is 32.0 Å². The number of hydrogen-bond acceptors (Lipinski definition) is 4. The molecule has 0 radical (unpaired) electrons. The Morgan fingerprint density at radius 3 is 2.58 bits per heavy atom. The minimum absolute atomic E-state index is 0.150. The Morgan fingerprint density at radius 1 is 1.32 bits per heavy atom. The van der Waals surface area contributed by atoms with Crippen LogP contribution < -0.4 is 4.74 Å². The summed E-state index contributed by atoms with van der Waals surface area (Å²) in [5.74, 6) is 0.390. The van der Waals surface area contributed by atoms with Crippen molar-refractivity contribution in [2.75, 3.05) is 19.7 Å². The Labute approximate surface area is 116 Å². The molecule has 2 atom stereocenters. The smallest absolute Gasteiger partial charge is 0.226 e. The van der Waals surface area contributed by atoms with Gasteiger partial charge in [-0.25, -0.2) is 0 Å². The highest BCUT2D eigenvalue weighted by atomic mass is 35.5. The Bertz CT molecular complexity index is 444. The maximum Gasteiger partial charge on any atom is 0.226 e. The molecule has 104 valence electrons. The molecule has 1 heterocycles. The summed E-state index contributed by atoms with van der Waals surface area (Å²) in [5.41, 5.74) is 0. The van der Waals surface area contributed by atoms with E-state index in [4.69, 9.17) is 16.3 Å². The van der Waals surface area contributed by atoms with Gasteiger partial charge in [-0.15, -0.1) is 0 Å². The van der Waals surface area contributed by atoms with Crippen LogP contribution in [0, 0.1) is 0 Å². The number of nitrogens with zero attached hydrogens (tertiary/aromatic N) is 1. The van der Waals surface area contributed by atoms with Gasteiger partial charge in [0.15, 0.2) is 0 Å². The number of β-amino-alcohol motifs (C(OH)–C–C–N with tert-alkyl or cyclic N) is 2. The molecule has 1 aromatic rings. The number of carbonyl (C=O) groups excluding carboxylic acids is 1. The van der Waals surface area contributed by atoms with E-state index in [1.54, 1.807) is 24.3 Å². The van der Waals surface area contributed by atoms with Crippen molar-refractivity contribution in [1.29, 1.82) is 0 Å². The van der Waals surface area contributed by atoms with Crippen LogP contribution in [0.4, 0.5) is 0 Å². The fourth-order valence-electron chi connectivity index (χ4n) is 1.94. The van der Waals surface area contributed by atoms with Crippen molar-refractivity contribution in [2.24, 2.45) is 0 Å². The quantitative estimate of drug-likeness (QED) is 0.853. The summed E-state index contributed by atoms with van der Waals surface area (Å²) in [6.07, 6.45) is -1.52. The van der Waals surface area contributed by atoms with Crippen molar-refractivity contribution in [2.45, 2.75) is 18.6 Å². The normalized spacial score (nSPS) is 22.6. The van der Waals surface area contributed by atoms with Crippen LogP contribution in [0.3, 0.4) is 0 Å². The van der Waals surface area contributed by atoms with Crippen LogP contribution in [0.15, 0.2) is 24.3 Å². The van der Waals surface area contributed by atoms with Crippen LogP contribution >= 0.6 is 11.6 Å². The van der Waals surface area contributed by atoms with Crippen molar-refractivity contribution in [1.82, 2.24) is 4.90 Å². The number of hydrogen-bond donors (Lipinski definition) is 2. The highest BCUT2D eigenvalue weighted by Gasteiger charge is 2.32. The Hall–Kier alpha value is -1.30. The monoisotopic (exact) mass is 285 g/mol. The molecule has 1 aliphatic heterocycles. The number of aliphatic hydroxyl groups is 2. The molecular formula is C13H16ClNO4. The van der Waals surface area contributed by atoms with Gasteiger partial charge in [0.2, 0.25) is 5.91 Å². The first-order valence-corrected chi connectivity index (χ1v) is 6.47. The Balaban J connectivity index is 1.77. The molecule has 0 spiro atoms. The Kier molecular flexibility index (Phi) is 4.63. The number of benzene rings is 1. The summed E-state index contributed by atoms with van der Waals surface area (Å²) < 4.78 is 5.42. The topological polar surface area (TPSA) is 70.0 Å². The second-order valence-electron chi connectivity index (χ2n) is 4.46. The molecule has 1 amide bonds. The molecule has 1 aliphatic rings. The minimum atomic E-state index is -0.853. The predicted molar refractivity (Wildman–Crippen MR) is 70.2 cm³/mol. The fraction of sp³-hybridized carbons (Fsp3) is 0.462. The lowest BCUT2D eigenvalue weighted by Crippen LogP contribution is -2.30. The van der Waals surface area contributed by atoms with Gasteiger partial charge in [0.05, 0.1) is 30.3 Å². The summed E-state index contributed by atoms with van der Waals surface area (Å²) in [4.78, 5) is 13.2. The lowest BCUT2D eigenvalue weighted by atomic mass is 10.3. The lowest BCUT2D eigenvalue weighted by Gasteiger charge is -2.15. The Morgan fingerprint density at radius 2 is 1.95 bits per heavy atom. The van der Waals surface area contributed by atoms with Crippen molar-refractivity contribution < 1.29 is 19.7 Å². The van der Waals surface area contributed by atoms with Crippen molar-refractivity contribution in [3.8, 4) is 5.75 Å². The summed E-state index contributed by atoms with van der Waals surface area (Å²) in [5, 5.41) is 19.2. The third kappa shape index (κ3) is 3.59. The van der Waals surface area contributed by atoms with Gasteiger partial charge in [-0.2, -0.15) is 0 Å². The fourth-order valence-corrected chi connectivity index (χ4v) is 2.13. The number of aliphatic hydroxyl groups excluding tert-OH is 2. The molecule has 6 heteroatoms. The van der Waals surface area contributed by atoms with E-state index in [2.05, 4.69) is 0 Å². The van der Waals surface area contributed by atoms with E-state index in [0.29, 0.717) is 10.8 Å².